The van der Waals surface area contributed by atoms with Crippen LogP contribution in [0.1, 0.15) is 44.0 Å². The Bertz CT molecular complexity index is 365. The molecule has 1 rings (SSSR count). The third kappa shape index (κ3) is 7.51. The first-order valence-corrected chi connectivity index (χ1v) is 6.86. The Balaban J connectivity index is 1.96. The van der Waals surface area contributed by atoms with E-state index in [1.807, 2.05) is 13.8 Å². The Morgan fingerprint density at radius 2 is 2.11 bits per heavy atom. The van der Waals surface area contributed by atoms with Crippen molar-refractivity contribution < 1.29 is 9.53 Å². The van der Waals surface area contributed by atoms with Crippen molar-refractivity contribution in [3.8, 4) is 0 Å². The van der Waals surface area contributed by atoms with Gasteiger partial charge in [-0.05, 0) is 33.2 Å². The van der Waals surface area contributed by atoms with Crippen molar-refractivity contribution >= 4 is 5.97 Å². The largest absolute Gasteiger partial charge is 0.466 e. The maximum atomic E-state index is 11.1. The molecule has 0 aliphatic rings. The first-order chi connectivity index (χ1) is 9.22. The molecular weight excluding hydrogens is 242 g/mol. The molecule has 0 bridgehead atoms. The molecule has 0 saturated heterocycles. The minimum Gasteiger partial charge on any atom is -0.466 e. The number of aryl methyl sites for hydroxylation is 1. The van der Waals surface area contributed by atoms with Crippen molar-refractivity contribution in [3.63, 3.8) is 0 Å². The number of carbonyl (C=O) groups excluding carboxylic acids is 1. The van der Waals surface area contributed by atoms with Crippen LogP contribution in [0, 0.1) is 6.92 Å². The third-order valence-electron chi connectivity index (χ3n) is 2.68. The summed E-state index contributed by atoms with van der Waals surface area (Å²) in [7, 11) is 0. The number of carbonyl (C=O) groups is 1. The van der Waals surface area contributed by atoms with Gasteiger partial charge < -0.3 is 10.1 Å². The lowest BCUT2D eigenvalue weighted by molar-refractivity contribution is -0.143. The molecule has 0 radical (unpaired) electrons. The smallest absolute Gasteiger partial charge is 0.305 e. The summed E-state index contributed by atoms with van der Waals surface area (Å²) in [6.07, 6.45) is 7.08. The van der Waals surface area contributed by atoms with E-state index in [2.05, 4.69) is 15.3 Å². The second-order valence-corrected chi connectivity index (χ2v) is 4.44. The van der Waals surface area contributed by atoms with Crippen LogP contribution in [0.3, 0.4) is 0 Å². The standard InChI is InChI=1S/C14H23N3O2/c1-3-19-14(18)7-5-4-6-8-15-10-13-11-16-12(2)9-17-13/h9,11,15H,3-8,10H2,1-2H3. The zero-order chi connectivity index (χ0) is 13.9. The van der Waals surface area contributed by atoms with Gasteiger partial charge in [0.1, 0.15) is 0 Å². The predicted molar refractivity (Wildman–Crippen MR) is 73.6 cm³/mol. The van der Waals surface area contributed by atoms with Gasteiger partial charge in [0, 0.05) is 25.4 Å². The van der Waals surface area contributed by atoms with Gasteiger partial charge in [0.05, 0.1) is 18.0 Å². The van der Waals surface area contributed by atoms with Gasteiger partial charge in [-0.25, -0.2) is 0 Å². The van der Waals surface area contributed by atoms with Crippen molar-refractivity contribution in [2.45, 2.75) is 46.1 Å². The third-order valence-corrected chi connectivity index (χ3v) is 2.68. The fourth-order valence-electron chi connectivity index (χ4n) is 1.66. The van der Waals surface area contributed by atoms with E-state index in [1.54, 1.807) is 12.4 Å². The minimum absolute atomic E-state index is 0.0922. The van der Waals surface area contributed by atoms with Crippen LogP contribution in [0.4, 0.5) is 0 Å². The van der Waals surface area contributed by atoms with Gasteiger partial charge in [0.2, 0.25) is 0 Å². The molecule has 0 spiro atoms. The summed E-state index contributed by atoms with van der Waals surface area (Å²) in [4.78, 5) is 19.6. The highest BCUT2D eigenvalue weighted by molar-refractivity contribution is 5.69. The molecule has 0 saturated carbocycles. The second-order valence-electron chi connectivity index (χ2n) is 4.44. The number of esters is 1. The molecule has 0 aliphatic heterocycles. The average molecular weight is 265 g/mol. The molecule has 0 aliphatic carbocycles. The number of ether oxygens (including phenoxy) is 1. The Hall–Kier alpha value is -1.49. The first kappa shape index (κ1) is 15.6. The number of aromatic nitrogens is 2. The summed E-state index contributed by atoms with van der Waals surface area (Å²) >= 11 is 0. The molecule has 1 aromatic heterocycles. The molecule has 1 N–H and O–H groups in total. The maximum Gasteiger partial charge on any atom is 0.305 e. The van der Waals surface area contributed by atoms with E-state index in [0.29, 0.717) is 13.0 Å². The van der Waals surface area contributed by atoms with Gasteiger partial charge in [0.25, 0.3) is 0 Å². The highest BCUT2D eigenvalue weighted by Crippen LogP contribution is 2.01. The molecule has 106 valence electrons. The van der Waals surface area contributed by atoms with Crippen LogP contribution in [0.5, 0.6) is 0 Å². The molecule has 1 aromatic rings. The molecule has 0 unspecified atom stereocenters. The van der Waals surface area contributed by atoms with Crippen molar-refractivity contribution in [2.24, 2.45) is 0 Å². The highest BCUT2D eigenvalue weighted by Gasteiger charge is 2.00. The number of hydrogen-bond donors (Lipinski definition) is 1. The molecule has 0 aromatic carbocycles. The van der Waals surface area contributed by atoms with Crippen LogP contribution in [0.2, 0.25) is 0 Å². The van der Waals surface area contributed by atoms with E-state index in [1.165, 1.54) is 0 Å². The van der Waals surface area contributed by atoms with Crippen LogP contribution in [-0.4, -0.2) is 29.1 Å². The zero-order valence-corrected chi connectivity index (χ0v) is 11.8. The van der Waals surface area contributed by atoms with Gasteiger partial charge in [-0.1, -0.05) is 6.42 Å². The quantitative estimate of drug-likeness (QED) is 0.546. The molecule has 0 fully saturated rings. The Morgan fingerprint density at radius 1 is 1.26 bits per heavy atom. The van der Waals surface area contributed by atoms with Crippen molar-refractivity contribution in [2.75, 3.05) is 13.2 Å². The van der Waals surface area contributed by atoms with Crippen molar-refractivity contribution in [3.05, 3.63) is 23.8 Å². The number of nitrogens with one attached hydrogen (secondary N) is 1. The zero-order valence-electron chi connectivity index (χ0n) is 11.8. The van der Waals surface area contributed by atoms with E-state index in [-0.39, 0.29) is 5.97 Å². The Morgan fingerprint density at radius 3 is 2.79 bits per heavy atom. The molecule has 19 heavy (non-hydrogen) atoms. The molecule has 0 amide bonds. The lowest BCUT2D eigenvalue weighted by atomic mass is 10.2. The lowest BCUT2D eigenvalue weighted by Crippen LogP contribution is -2.16. The Labute approximate surface area is 114 Å². The summed E-state index contributed by atoms with van der Waals surface area (Å²) in [5, 5.41) is 3.32. The summed E-state index contributed by atoms with van der Waals surface area (Å²) in [6, 6.07) is 0. The van der Waals surface area contributed by atoms with E-state index in [9.17, 15) is 4.79 Å². The van der Waals surface area contributed by atoms with Crippen LogP contribution in [0.25, 0.3) is 0 Å². The Kier molecular flexibility index (Phi) is 7.74. The van der Waals surface area contributed by atoms with Gasteiger partial charge in [-0.2, -0.15) is 0 Å². The van der Waals surface area contributed by atoms with E-state index >= 15 is 0 Å². The average Bonchev–Trinajstić information content (AvgIpc) is 2.40. The fourth-order valence-corrected chi connectivity index (χ4v) is 1.66. The minimum atomic E-state index is -0.0922. The van der Waals surface area contributed by atoms with E-state index < -0.39 is 0 Å². The number of unbranched alkanes of at least 4 members (excludes halogenated alkanes) is 2. The van der Waals surface area contributed by atoms with Crippen LogP contribution >= 0.6 is 0 Å². The highest BCUT2D eigenvalue weighted by atomic mass is 16.5. The molecule has 5 heteroatoms. The van der Waals surface area contributed by atoms with Gasteiger partial charge >= 0.3 is 5.97 Å². The van der Waals surface area contributed by atoms with Crippen molar-refractivity contribution in [1.29, 1.82) is 0 Å². The predicted octanol–water partition coefficient (Wildman–Crippen LogP) is 2.00. The molecular formula is C14H23N3O2. The van der Waals surface area contributed by atoms with Crippen LogP contribution in [-0.2, 0) is 16.1 Å². The van der Waals surface area contributed by atoms with Gasteiger partial charge in [-0.3, -0.25) is 14.8 Å². The monoisotopic (exact) mass is 265 g/mol. The van der Waals surface area contributed by atoms with Gasteiger partial charge in [-0.15, -0.1) is 0 Å². The van der Waals surface area contributed by atoms with Crippen LogP contribution < -0.4 is 5.32 Å². The molecule has 5 nitrogen and oxygen atoms in total. The molecule has 0 atom stereocenters. The van der Waals surface area contributed by atoms with Crippen molar-refractivity contribution in [1.82, 2.24) is 15.3 Å². The number of nitrogens with zero attached hydrogens (tertiary/aromatic N) is 2. The maximum absolute atomic E-state index is 11.1. The summed E-state index contributed by atoms with van der Waals surface area (Å²) in [5.41, 5.74) is 1.89. The second kappa shape index (κ2) is 9.44. The number of rotatable bonds is 9. The summed E-state index contributed by atoms with van der Waals surface area (Å²) < 4.78 is 4.87. The summed E-state index contributed by atoms with van der Waals surface area (Å²) in [5.74, 6) is -0.0922. The van der Waals surface area contributed by atoms with E-state index in [0.717, 1.165) is 43.7 Å². The van der Waals surface area contributed by atoms with Crippen LogP contribution in [0.15, 0.2) is 12.4 Å². The first-order valence-electron chi connectivity index (χ1n) is 6.86. The fraction of sp³-hybridized carbons (Fsp3) is 0.643. The van der Waals surface area contributed by atoms with E-state index in [4.69, 9.17) is 4.74 Å². The summed E-state index contributed by atoms with van der Waals surface area (Å²) in [6.45, 7) is 5.89. The number of hydrogen-bond acceptors (Lipinski definition) is 5. The SMILES string of the molecule is CCOC(=O)CCCCCNCc1cnc(C)cn1. The topological polar surface area (TPSA) is 64.1 Å². The lowest BCUT2D eigenvalue weighted by Gasteiger charge is -2.04. The van der Waals surface area contributed by atoms with Gasteiger partial charge in [0.15, 0.2) is 0 Å². The molecule has 1 heterocycles. The normalized spacial score (nSPS) is 10.4.